The van der Waals surface area contributed by atoms with Crippen LogP contribution in [0, 0.1) is 0 Å². The van der Waals surface area contributed by atoms with Gasteiger partial charge in [0.15, 0.2) is 0 Å². The smallest absolute Gasteiger partial charge is 0.407 e. The summed E-state index contributed by atoms with van der Waals surface area (Å²) in [5.41, 5.74) is -0.332. The van der Waals surface area contributed by atoms with Crippen LogP contribution in [0.3, 0.4) is 0 Å². The van der Waals surface area contributed by atoms with Gasteiger partial charge in [-0.3, -0.25) is 4.99 Å². The third kappa shape index (κ3) is 6.94. The molecule has 0 fully saturated rings. The lowest BCUT2D eigenvalue weighted by molar-refractivity contribution is 0.0528. The molecule has 0 aromatic heterocycles. The number of amides is 1. The van der Waals surface area contributed by atoms with Crippen molar-refractivity contribution in [3.63, 3.8) is 0 Å². The number of ether oxygens (including phenoxy) is 1. The summed E-state index contributed by atoms with van der Waals surface area (Å²) in [5.74, 6) is 0. The topological polar surface area (TPSA) is 62.7 Å². The molecule has 0 bridgehead atoms. The Morgan fingerprint density at radius 1 is 1.35 bits per heavy atom. The molecule has 0 aromatic carbocycles. The summed E-state index contributed by atoms with van der Waals surface area (Å²) in [4.78, 5) is 15.4. The number of aliphatic imine (C=N–C) groups is 1. The van der Waals surface area contributed by atoms with Crippen molar-refractivity contribution in [2.45, 2.75) is 45.3 Å². The molecular weight excluding hydrogens is 218 g/mol. The minimum absolute atomic E-state index is 0.103. The summed E-state index contributed by atoms with van der Waals surface area (Å²) in [6.07, 6.45) is 2.62. The molecule has 5 heteroatoms. The molecule has 0 radical (unpaired) electrons. The van der Waals surface area contributed by atoms with Gasteiger partial charge < -0.3 is 15.4 Å². The molecule has 1 unspecified atom stereocenters. The van der Waals surface area contributed by atoms with Crippen LogP contribution in [-0.4, -0.2) is 43.1 Å². The molecular formula is C12H23N3O2. The van der Waals surface area contributed by atoms with E-state index in [1.165, 1.54) is 0 Å². The Bertz CT molecular complexity index is 289. The van der Waals surface area contributed by atoms with Crippen LogP contribution in [0.2, 0.25) is 0 Å². The van der Waals surface area contributed by atoms with Crippen LogP contribution >= 0.6 is 0 Å². The van der Waals surface area contributed by atoms with Gasteiger partial charge in [0.05, 0.1) is 5.54 Å². The average Bonchev–Trinajstić information content (AvgIpc) is 2.87. The fraction of sp³-hybridized carbons (Fsp3) is 0.833. The number of rotatable bonds is 6. The van der Waals surface area contributed by atoms with E-state index in [0.717, 1.165) is 19.5 Å². The molecule has 1 atom stereocenters. The number of carbonyl (C=O) groups is 1. The number of carbonyl (C=O) groups excluding carboxylic acids is 1. The Labute approximate surface area is 103 Å². The molecule has 0 aliphatic carbocycles. The monoisotopic (exact) mass is 241 g/mol. The first-order valence-corrected chi connectivity index (χ1v) is 6.05. The average molecular weight is 241 g/mol. The second-order valence-electron chi connectivity index (χ2n) is 5.54. The van der Waals surface area contributed by atoms with Crippen molar-refractivity contribution in [2.75, 3.05) is 19.6 Å². The van der Waals surface area contributed by atoms with E-state index in [1.54, 1.807) is 0 Å². The standard InChI is InChI=1S/C12H23N3O2/c1-11(2,3)17-10(16)14-8-7-13-6-5-12(4)9-15-12/h9,13H,5-8H2,1-4H3,(H,14,16). The molecule has 1 amide bonds. The van der Waals surface area contributed by atoms with Gasteiger partial charge in [0, 0.05) is 19.3 Å². The first-order chi connectivity index (χ1) is 7.81. The van der Waals surface area contributed by atoms with E-state index in [-0.39, 0.29) is 11.6 Å². The molecule has 0 saturated carbocycles. The first kappa shape index (κ1) is 14.0. The van der Waals surface area contributed by atoms with Gasteiger partial charge >= 0.3 is 6.09 Å². The lowest BCUT2D eigenvalue weighted by atomic mass is 10.1. The maximum Gasteiger partial charge on any atom is 0.407 e. The van der Waals surface area contributed by atoms with Crippen LogP contribution in [0.1, 0.15) is 34.1 Å². The Balaban J connectivity index is 1.91. The zero-order valence-corrected chi connectivity index (χ0v) is 11.2. The zero-order chi connectivity index (χ0) is 12.9. The second kappa shape index (κ2) is 5.49. The maximum atomic E-state index is 11.3. The van der Waals surface area contributed by atoms with E-state index in [0.29, 0.717) is 6.54 Å². The van der Waals surface area contributed by atoms with E-state index in [9.17, 15) is 4.79 Å². The minimum Gasteiger partial charge on any atom is -0.444 e. The van der Waals surface area contributed by atoms with Crippen molar-refractivity contribution in [3.8, 4) is 0 Å². The number of nitrogens with one attached hydrogen (secondary N) is 2. The Morgan fingerprint density at radius 2 is 2.00 bits per heavy atom. The van der Waals surface area contributed by atoms with Gasteiger partial charge in [-0.1, -0.05) is 0 Å². The molecule has 0 saturated heterocycles. The SMILES string of the molecule is CC1(CCNCCNC(=O)OC(C)(C)C)C=N1. The van der Waals surface area contributed by atoms with Gasteiger partial charge in [0.25, 0.3) is 0 Å². The van der Waals surface area contributed by atoms with Gasteiger partial charge in [0.1, 0.15) is 5.60 Å². The predicted octanol–water partition coefficient (Wildman–Crippen LogP) is 1.33. The Kier molecular flexibility index (Phi) is 4.51. The highest BCUT2D eigenvalue weighted by Gasteiger charge is 2.29. The molecule has 98 valence electrons. The molecule has 1 heterocycles. The van der Waals surface area contributed by atoms with Crippen molar-refractivity contribution in [1.82, 2.24) is 10.6 Å². The van der Waals surface area contributed by atoms with Crippen molar-refractivity contribution < 1.29 is 9.53 Å². The lowest BCUT2D eigenvalue weighted by Crippen LogP contribution is -2.37. The Hall–Kier alpha value is -1.10. The fourth-order valence-electron chi connectivity index (χ4n) is 1.27. The van der Waals surface area contributed by atoms with Crippen LogP contribution in [0.4, 0.5) is 4.79 Å². The van der Waals surface area contributed by atoms with Crippen LogP contribution in [-0.2, 0) is 4.74 Å². The van der Waals surface area contributed by atoms with Crippen molar-refractivity contribution in [3.05, 3.63) is 0 Å². The normalized spacial score (nSPS) is 22.4. The van der Waals surface area contributed by atoms with Gasteiger partial charge in [-0.05, 0) is 40.7 Å². The second-order valence-corrected chi connectivity index (χ2v) is 5.54. The predicted molar refractivity (Wildman–Crippen MR) is 68.6 cm³/mol. The minimum atomic E-state index is -0.435. The van der Waals surface area contributed by atoms with Crippen molar-refractivity contribution in [2.24, 2.45) is 4.99 Å². The summed E-state index contributed by atoms with van der Waals surface area (Å²) in [6, 6.07) is 0. The number of nitrogens with zero attached hydrogens (tertiary/aromatic N) is 1. The van der Waals surface area contributed by atoms with E-state index in [1.807, 2.05) is 27.0 Å². The summed E-state index contributed by atoms with van der Waals surface area (Å²) >= 11 is 0. The van der Waals surface area contributed by atoms with Gasteiger partial charge in [-0.25, -0.2) is 4.79 Å². The molecule has 0 spiro atoms. The van der Waals surface area contributed by atoms with Gasteiger partial charge in [0.2, 0.25) is 0 Å². The summed E-state index contributed by atoms with van der Waals surface area (Å²) in [6.45, 7) is 9.88. The van der Waals surface area contributed by atoms with Crippen LogP contribution in [0.15, 0.2) is 4.99 Å². The van der Waals surface area contributed by atoms with Gasteiger partial charge in [-0.15, -0.1) is 0 Å². The van der Waals surface area contributed by atoms with E-state index >= 15 is 0 Å². The lowest BCUT2D eigenvalue weighted by Gasteiger charge is -2.19. The number of hydrogen-bond donors (Lipinski definition) is 2. The molecule has 1 aliphatic heterocycles. The van der Waals surface area contributed by atoms with E-state index in [4.69, 9.17) is 4.74 Å². The zero-order valence-electron chi connectivity index (χ0n) is 11.2. The highest BCUT2D eigenvalue weighted by Crippen LogP contribution is 2.22. The number of alkyl carbamates (subject to hydrolysis) is 1. The maximum absolute atomic E-state index is 11.3. The summed E-state index contributed by atoms with van der Waals surface area (Å²) in [5, 5.41) is 5.95. The molecule has 17 heavy (non-hydrogen) atoms. The van der Waals surface area contributed by atoms with Crippen LogP contribution in [0.5, 0.6) is 0 Å². The molecule has 1 rings (SSSR count). The van der Waals surface area contributed by atoms with E-state index in [2.05, 4.69) is 22.5 Å². The molecule has 5 nitrogen and oxygen atoms in total. The van der Waals surface area contributed by atoms with Crippen molar-refractivity contribution >= 4 is 12.3 Å². The first-order valence-electron chi connectivity index (χ1n) is 6.05. The highest BCUT2D eigenvalue weighted by molar-refractivity contribution is 5.83. The quantitative estimate of drug-likeness (QED) is 0.690. The molecule has 2 N–H and O–H groups in total. The van der Waals surface area contributed by atoms with Crippen LogP contribution < -0.4 is 10.6 Å². The third-order valence-corrected chi connectivity index (χ3v) is 2.35. The highest BCUT2D eigenvalue weighted by atomic mass is 16.6. The summed E-state index contributed by atoms with van der Waals surface area (Å²) < 4.78 is 5.11. The number of hydrogen-bond acceptors (Lipinski definition) is 4. The van der Waals surface area contributed by atoms with Crippen LogP contribution in [0.25, 0.3) is 0 Å². The largest absolute Gasteiger partial charge is 0.444 e. The van der Waals surface area contributed by atoms with Crippen molar-refractivity contribution in [1.29, 1.82) is 0 Å². The fourth-order valence-corrected chi connectivity index (χ4v) is 1.27. The third-order valence-electron chi connectivity index (χ3n) is 2.35. The molecule has 0 aromatic rings. The molecule has 1 aliphatic rings. The van der Waals surface area contributed by atoms with Gasteiger partial charge in [-0.2, -0.15) is 0 Å². The Morgan fingerprint density at radius 3 is 2.53 bits per heavy atom. The van der Waals surface area contributed by atoms with E-state index < -0.39 is 5.60 Å². The summed E-state index contributed by atoms with van der Waals surface area (Å²) in [7, 11) is 0.